The Hall–Kier alpha value is -2.94. The number of imide groups is 1. The van der Waals surface area contributed by atoms with E-state index in [0.29, 0.717) is 4.90 Å². The lowest BCUT2D eigenvalue weighted by Crippen LogP contribution is -2.29. The van der Waals surface area contributed by atoms with Crippen LogP contribution in [0.3, 0.4) is 0 Å². The molecule has 9 nitrogen and oxygen atoms in total. The molecule has 0 aliphatic rings. The van der Waals surface area contributed by atoms with Crippen molar-refractivity contribution in [2.75, 3.05) is 7.05 Å². The van der Waals surface area contributed by atoms with Crippen LogP contribution >= 0.6 is 11.6 Å². The first-order valence-electron chi connectivity index (χ1n) is 6.73. The van der Waals surface area contributed by atoms with Crippen LogP contribution in [0.2, 0.25) is 0 Å². The summed E-state index contributed by atoms with van der Waals surface area (Å²) in [6.45, 7) is 3.23. The molecule has 0 saturated heterocycles. The van der Waals surface area contributed by atoms with Crippen LogP contribution in [0.4, 0.5) is 4.79 Å². The van der Waals surface area contributed by atoms with Crippen molar-refractivity contribution in [2.24, 2.45) is 0 Å². The molecule has 0 spiro atoms. The molecule has 1 aromatic rings. The van der Waals surface area contributed by atoms with E-state index >= 15 is 0 Å². The highest BCUT2D eigenvalue weighted by molar-refractivity contribution is 6.64. The van der Waals surface area contributed by atoms with Gasteiger partial charge in [0.25, 0.3) is 5.91 Å². The highest BCUT2D eigenvalue weighted by Crippen LogP contribution is 2.39. The standard InChI is InChI=1S/C15H14ClNO8/c1-7(18)23-11-5-10(14(21)17(4)15(16)22)6-12(24-8(2)19)13(11)25-9(3)20/h5-6H,1-4H3. The van der Waals surface area contributed by atoms with Gasteiger partial charge in [-0.25, -0.2) is 0 Å². The molecule has 0 fully saturated rings. The fourth-order valence-corrected chi connectivity index (χ4v) is 1.76. The van der Waals surface area contributed by atoms with E-state index in [1.54, 1.807) is 0 Å². The van der Waals surface area contributed by atoms with Gasteiger partial charge in [0.05, 0.1) is 0 Å². The SMILES string of the molecule is CC(=O)Oc1cc(C(=O)N(C)C(=O)Cl)cc(OC(C)=O)c1OC(C)=O. The van der Waals surface area contributed by atoms with E-state index in [4.69, 9.17) is 25.8 Å². The lowest BCUT2D eigenvalue weighted by molar-refractivity contribution is -0.135. The molecule has 0 saturated carbocycles. The second-order valence-corrected chi connectivity index (χ2v) is 5.02. The van der Waals surface area contributed by atoms with Crippen molar-refractivity contribution < 1.29 is 38.2 Å². The second-order valence-electron chi connectivity index (χ2n) is 4.70. The predicted octanol–water partition coefficient (Wildman–Crippen LogP) is 1.89. The normalized spacial score (nSPS) is 9.80. The molecule has 0 atom stereocenters. The van der Waals surface area contributed by atoms with Gasteiger partial charge in [0, 0.05) is 33.4 Å². The summed E-state index contributed by atoms with van der Waals surface area (Å²) in [6, 6.07) is 2.09. The number of ether oxygens (including phenoxy) is 3. The minimum Gasteiger partial charge on any atom is -0.423 e. The van der Waals surface area contributed by atoms with E-state index in [2.05, 4.69) is 0 Å². The van der Waals surface area contributed by atoms with Gasteiger partial charge >= 0.3 is 23.3 Å². The third kappa shape index (κ3) is 5.57. The molecule has 0 aliphatic carbocycles. The van der Waals surface area contributed by atoms with Crippen LogP contribution in [0.15, 0.2) is 12.1 Å². The lowest BCUT2D eigenvalue weighted by atomic mass is 10.1. The van der Waals surface area contributed by atoms with Crippen molar-refractivity contribution in [3.8, 4) is 17.2 Å². The van der Waals surface area contributed by atoms with Crippen molar-refractivity contribution in [1.29, 1.82) is 0 Å². The van der Waals surface area contributed by atoms with E-state index in [1.165, 1.54) is 0 Å². The van der Waals surface area contributed by atoms with Crippen molar-refractivity contribution in [3.63, 3.8) is 0 Å². The highest BCUT2D eigenvalue weighted by Gasteiger charge is 2.25. The molecule has 2 amide bonds. The summed E-state index contributed by atoms with van der Waals surface area (Å²) >= 11 is 5.25. The van der Waals surface area contributed by atoms with Crippen molar-refractivity contribution >= 4 is 40.8 Å². The molecule has 0 aliphatic heterocycles. The van der Waals surface area contributed by atoms with E-state index in [1.807, 2.05) is 0 Å². The van der Waals surface area contributed by atoms with Crippen LogP contribution in [0.1, 0.15) is 31.1 Å². The van der Waals surface area contributed by atoms with Crippen LogP contribution in [0.25, 0.3) is 0 Å². The van der Waals surface area contributed by atoms with Gasteiger partial charge in [0.15, 0.2) is 11.5 Å². The Labute approximate surface area is 147 Å². The molecule has 0 heterocycles. The number of carbonyl (C=O) groups is 5. The molecule has 1 aromatic carbocycles. The zero-order chi connectivity index (χ0) is 19.3. The molecule has 0 N–H and O–H groups in total. The third-order valence-electron chi connectivity index (χ3n) is 2.59. The topological polar surface area (TPSA) is 116 Å². The Bertz CT molecular complexity index is 721. The number of nitrogens with zero attached hydrogens (tertiary/aromatic N) is 1. The molecule has 0 unspecified atom stereocenters. The number of rotatable bonds is 4. The summed E-state index contributed by atoms with van der Waals surface area (Å²) in [5.74, 6) is -4.28. The first-order valence-corrected chi connectivity index (χ1v) is 7.11. The molecule has 0 bridgehead atoms. The van der Waals surface area contributed by atoms with Crippen LogP contribution in [0, 0.1) is 0 Å². The van der Waals surface area contributed by atoms with Crippen LogP contribution in [0.5, 0.6) is 17.2 Å². The van der Waals surface area contributed by atoms with Gasteiger partial charge in [-0.3, -0.25) is 28.9 Å². The highest BCUT2D eigenvalue weighted by atomic mass is 35.5. The van der Waals surface area contributed by atoms with Gasteiger partial charge in [-0.2, -0.15) is 0 Å². The fraction of sp³-hybridized carbons (Fsp3) is 0.267. The van der Waals surface area contributed by atoms with Crippen LogP contribution < -0.4 is 14.2 Å². The third-order valence-corrected chi connectivity index (χ3v) is 2.84. The zero-order valence-electron chi connectivity index (χ0n) is 13.7. The second kappa shape index (κ2) is 8.25. The van der Waals surface area contributed by atoms with Crippen LogP contribution in [-0.4, -0.2) is 41.1 Å². The summed E-state index contributed by atoms with van der Waals surface area (Å²) in [7, 11) is 1.12. The van der Waals surface area contributed by atoms with Crippen LogP contribution in [-0.2, 0) is 14.4 Å². The fourth-order valence-electron chi connectivity index (χ4n) is 1.68. The average molecular weight is 372 g/mol. The number of hydrogen-bond donors (Lipinski definition) is 0. The maximum atomic E-state index is 12.2. The van der Waals surface area contributed by atoms with Gasteiger partial charge in [-0.1, -0.05) is 0 Å². The summed E-state index contributed by atoms with van der Waals surface area (Å²) in [6.07, 6.45) is 0. The monoisotopic (exact) mass is 371 g/mol. The minimum atomic E-state index is -1.06. The van der Waals surface area contributed by atoms with Crippen molar-refractivity contribution in [3.05, 3.63) is 17.7 Å². The predicted molar refractivity (Wildman–Crippen MR) is 83.7 cm³/mol. The number of benzene rings is 1. The Balaban J connectivity index is 3.57. The Morgan fingerprint density at radius 3 is 1.56 bits per heavy atom. The minimum absolute atomic E-state index is 0.195. The molecule has 134 valence electrons. The van der Waals surface area contributed by atoms with E-state index in [-0.39, 0.29) is 22.8 Å². The number of hydrogen-bond acceptors (Lipinski definition) is 8. The first-order chi connectivity index (χ1) is 11.5. The number of amides is 2. The smallest absolute Gasteiger partial charge is 0.323 e. The van der Waals surface area contributed by atoms with Gasteiger partial charge in [0.2, 0.25) is 5.75 Å². The van der Waals surface area contributed by atoms with Gasteiger partial charge in [-0.15, -0.1) is 0 Å². The van der Waals surface area contributed by atoms with Gasteiger partial charge in [0.1, 0.15) is 0 Å². The summed E-state index contributed by atoms with van der Waals surface area (Å²) in [5, 5.41) is -1.06. The van der Waals surface area contributed by atoms with Crippen molar-refractivity contribution in [1.82, 2.24) is 4.90 Å². The molecular weight excluding hydrogens is 358 g/mol. The first kappa shape index (κ1) is 20.1. The van der Waals surface area contributed by atoms with Gasteiger partial charge in [-0.05, 0) is 23.7 Å². The Morgan fingerprint density at radius 1 is 0.840 bits per heavy atom. The zero-order valence-corrected chi connectivity index (χ0v) is 14.5. The lowest BCUT2D eigenvalue weighted by Gasteiger charge is -2.16. The Morgan fingerprint density at radius 2 is 1.24 bits per heavy atom. The number of carbonyl (C=O) groups excluding carboxylic acids is 5. The van der Waals surface area contributed by atoms with E-state index in [0.717, 1.165) is 40.0 Å². The molecule has 10 heteroatoms. The molecular formula is C15H14ClNO8. The average Bonchev–Trinajstić information content (AvgIpc) is 2.47. The van der Waals surface area contributed by atoms with Gasteiger partial charge < -0.3 is 14.2 Å². The largest absolute Gasteiger partial charge is 0.423 e. The van der Waals surface area contributed by atoms with E-state index < -0.39 is 29.2 Å². The number of halogens is 1. The maximum Gasteiger partial charge on any atom is 0.323 e. The number of esters is 3. The summed E-state index contributed by atoms with van der Waals surface area (Å²) in [5.41, 5.74) is -0.195. The summed E-state index contributed by atoms with van der Waals surface area (Å²) in [4.78, 5) is 57.7. The maximum absolute atomic E-state index is 12.2. The van der Waals surface area contributed by atoms with Crippen molar-refractivity contribution in [2.45, 2.75) is 20.8 Å². The molecule has 0 aromatic heterocycles. The quantitative estimate of drug-likeness (QED) is 0.341. The molecule has 1 rings (SSSR count). The molecule has 25 heavy (non-hydrogen) atoms. The molecule has 0 radical (unpaired) electrons. The summed E-state index contributed by atoms with van der Waals surface area (Å²) < 4.78 is 14.7. The van der Waals surface area contributed by atoms with E-state index in [9.17, 15) is 24.0 Å². The Kier molecular flexibility index (Phi) is 6.63.